The summed E-state index contributed by atoms with van der Waals surface area (Å²) in [4.78, 5) is 28.2. The summed E-state index contributed by atoms with van der Waals surface area (Å²) in [6.07, 6.45) is 10.6. The molecule has 8 nitrogen and oxygen atoms in total. The van der Waals surface area contributed by atoms with E-state index in [-0.39, 0.29) is 5.57 Å². The van der Waals surface area contributed by atoms with Crippen LogP contribution in [0.2, 0.25) is 0 Å². The van der Waals surface area contributed by atoms with Crippen molar-refractivity contribution in [1.29, 1.82) is 5.26 Å². The maximum atomic E-state index is 11.5. The van der Waals surface area contributed by atoms with Gasteiger partial charge in [-0.05, 0) is 97.8 Å². The van der Waals surface area contributed by atoms with Crippen LogP contribution in [0.4, 0.5) is 22.7 Å². The SMILES string of the molecule is CCCCCCc1cc(-c2c3c(c(-c4ccc5c(c4)C4CCCC4N5c4ccc(C)cc4)c4c2=NCN=4)N=S=N3)sc1-c1ccc(/C=C(\C#N)C(=O)O)s1. The van der Waals surface area contributed by atoms with Crippen molar-refractivity contribution in [1.82, 2.24) is 0 Å². The molecule has 3 aliphatic heterocycles. The highest BCUT2D eigenvalue weighted by atomic mass is 32.1. The van der Waals surface area contributed by atoms with Gasteiger partial charge in [0, 0.05) is 54.0 Å². The minimum atomic E-state index is -1.22. The zero-order valence-corrected chi connectivity index (χ0v) is 32.6. The Labute approximate surface area is 325 Å². The van der Waals surface area contributed by atoms with Crippen LogP contribution in [0, 0.1) is 18.3 Å². The van der Waals surface area contributed by atoms with Gasteiger partial charge in [0.2, 0.25) is 0 Å². The summed E-state index contributed by atoms with van der Waals surface area (Å²) in [5, 5.41) is 20.6. The molecule has 54 heavy (non-hydrogen) atoms. The van der Waals surface area contributed by atoms with E-state index in [0.29, 0.717) is 18.6 Å². The van der Waals surface area contributed by atoms with Gasteiger partial charge in [0.1, 0.15) is 29.7 Å². The van der Waals surface area contributed by atoms with E-state index in [2.05, 4.69) is 67.3 Å². The number of thiophene rings is 2. The summed E-state index contributed by atoms with van der Waals surface area (Å²) in [6, 6.07) is 24.4. The molecule has 11 heteroatoms. The molecule has 2 aromatic heterocycles. The number of hydrogen-bond acceptors (Lipinski definition) is 9. The van der Waals surface area contributed by atoms with Crippen molar-refractivity contribution >= 4 is 68.8 Å². The van der Waals surface area contributed by atoms with Gasteiger partial charge in [0.25, 0.3) is 0 Å². The van der Waals surface area contributed by atoms with E-state index in [0.717, 1.165) is 77.6 Å². The molecular formula is C43H38N6O2S3. The second kappa shape index (κ2) is 14.3. The molecular weight excluding hydrogens is 729 g/mol. The van der Waals surface area contributed by atoms with Crippen LogP contribution < -0.4 is 15.6 Å². The maximum absolute atomic E-state index is 11.5. The molecule has 0 saturated heterocycles. The van der Waals surface area contributed by atoms with Crippen molar-refractivity contribution in [3.05, 3.63) is 98.5 Å². The van der Waals surface area contributed by atoms with Crippen LogP contribution >= 0.6 is 22.7 Å². The fourth-order valence-corrected chi connectivity index (χ4v) is 11.5. The lowest BCUT2D eigenvalue weighted by Crippen LogP contribution is -2.26. The van der Waals surface area contributed by atoms with Crippen molar-refractivity contribution in [3.8, 4) is 37.4 Å². The number of carbonyl (C=O) groups is 1. The summed E-state index contributed by atoms with van der Waals surface area (Å²) in [6.45, 7) is 4.74. The predicted octanol–water partition coefficient (Wildman–Crippen LogP) is 11.0. The second-order valence-electron chi connectivity index (χ2n) is 14.4. The van der Waals surface area contributed by atoms with Gasteiger partial charge in [-0.25, -0.2) is 4.79 Å². The first-order chi connectivity index (χ1) is 26.4. The number of hydrogen-bond donors (Lipinski definition) is 1. The van der Waals surface area contributed by atoms with E-state index in [9.17, 15) is 15.2 Å². The number of nitriles is 1. The summed E-state index contributed by atoms with van der Waals surface area (Å²) < 4.78 is 9.88. The van der Waals surface area contributed by atoms with E-state index < -0.39 is 5.97 Å². The Bertz CT molecular complexity index is 2620. The zero-order chi connectivity index (χ0) is 36.9. The van der Waals surface area contributed by atoms with Crippen molar-refractivity contribution < 1.29 is 9.90 Å². The average Bonchev–Trinajstić information content (AvgIpc) is 4.03. The molecule has 1 N–H and O–H groups in total. The highest BCUT2D eigenvalue weighted by Crippen LogP contribution is 2.54. The number of nitrogens with zero attached hydrogens (tertiary/aromatic N) is 6. The predicted molar refractivity (Wildman–Crippen MR) is 220 cm³/mol. The summed E-state index contributed by atoms with van der Waals surface area (Å²) >= 11 is 4.47. The molecule has 0 spiro atoms. The number of unbranched alkanes of at least 4 members (excludes halogenated alkanes) is 3. The van der Waals surface area contributed by atoms with Gasteiger partial charge >= 0.3 is 5.97 Å². The number of rotatable bonds is 11. The lowest BCUT2D eigenvalue weighted by molar-refractivity contribution is -0.132. The lowest BCUT2D eigenvalue weighted by atomic mass is 9.92. The van der Waals surface area contributed by atoms with E-state index in [1.54, 1.807) is 17.4 Å². The first-order valence-corrected chi connectivity index (χ1v) is 21.1. The van der Waals surface area contributed by atoms with E-state index >= 15 is 0 Å². The Morgan fingerprint density at radius 1 is 0.944 bits per heavy atom. The molecule has 5 aromatic rings. The van der Waals surface area contributed by atoms with Crippen LogP contribution in [0.1, 0.15) is 79.4 Å². The second-order valence-corrected chi connectivity index (χ2v) is 17.1. The van der Waals surface area contributed by atoms with Gasteiger partial charge in [-0.3, -0.25) is 9.98 Å². The number of fused-ring (bicyclic) bond motifs is 5. The molecule has 0 radical (unpaired) electrons. The smallest absolute Gasteiger partial charge is 0.346 e. The molecule has 3 aromatic carbocycles. The van der Waals surface area contributed by atoms with E-state index in [1.807, 2.05) is 12.1 Å². The Kier molecular flexibility index (Phi) is 9.21. The highest BCUT2D eigenvalue weighted by molar-refractivity contribution is 7.58. The molecule has 0 amide bonds. The number of aliphatic carboxylic acids is 1. The van der Waals surface area contributed by atoms with Gasteiger partial charge in [0.05, 0.1) is 22.1 Å². The molecule has 270 valence electrons. The minimum Gasteiger partial charge on any atom is -0.477 e. The Morgan fingerprint density at radius 3 is 2.52 bits per heavy atom. The van der Waals surface area contributed by atoms with Crippen molar-refractivity contribution in [2.24, 2.45) is 18.7 Å². The summed E-state index contributed by atoms with van der Waals surface area (Å²) in [5.41, 5.74) is 11.1. The third-order valence-corrected chi connectivity index (χ3v) is 14.0. The third-order valence-electron chi connectivity index (χ3n) is 11.1. The molecule has 2 atom stereocenters. The van der Waals surface area contributed by atoms with Gasteiger partial charge in [-0.2, -0.15) is 14.0 Å². The van der Waals surface area contributed by atoms with Crippen LogP contribution in [-0.2, 0) is 22.6 Å². The fourth-order valence-electron chi connectivity index (χ4n) is 8.55. The molecule has 2 unspecified atom stereocenters. The Hall–Kier alpha value is -5.02. The minimum absolute atomic E-state index is 0.274. The largest absolute Gasteiger partial charge is 0.477 e. The van der Waals surface area contributed by atoms with Gasteiger partial charge in [-0.1, -0.05) is 56.4 Å². The van der Waals surface area contributed by atoms with Crippen molar-refractivity contribution in [2.45, 2.75) is 77.2 Å². The molecule has 1 saturated carbocycles. The number of anilines is 2. The average molecular weight is 767 g/mol. The zero-order valence-electron chi connectivity index (χ0n) is 30.1. The molecule has 1 fully saturated rings. The van der Waals surface area contributed by atoms with Crippen molar-refractivity contribution in [2.75, 3.05) is 11.6 Å². The summed E-state index contributed by atoms with van der Waals surface area (Å²) in [5.74, 6) is -0.731. The number of carboxylic acids is 1. The molecule has 9 rings (SSSR count). The normalized spacial score (nSPS) is 17.7. The van der Waals surface area contributed by atoms with Crippen LogP contribution in [0.5, 0.6) is 0 Å². The van der Waals surface area contributed by atoms with Crippen LogP contribution in [0.25, 0.3) is 37.4 Å². The van der Waals surface area contributed by atoms with Crippen LogP contribution in [-0.4, -0.2) is 23.8 Å². The lowest BCUT2D eigenvalue weighted by Gasteiger charge is -2.27. The fraction of sp³-hybridized carbons (Fsp3) is 0.302. The first kappa shape index (κ1) is 34.7. The third kappa shape index (κ3) is 5.97. The highest BCUT2D eigenvalue weighted by Gasteiger charge is 2.42. The van der Waals surface area contributed by atoms with Gasteiger partial charge < -0.3 is 10.0 Å². The maximum Gasteiger partial charge on any atom is 0.346 e. The van der Waals surface area contributed by atoms with Gasteiger partial charge in [0.15, 0.2) is 0 Å². The van der Waals surface area contributed by atoms with E-state index in [4.69, 9.17) is 18.7 Å². The van der Waals surface area contributed by atoms with Crippen molar-refractivity contribution in [3.63, 3.8) is 0 Å². The van der Waals surface area contributed by atoms with E-state index in [1.165, 1.54) is 88.9 Å². The molecule has 1 aliphatic carbocycles. The number of aryl methyl sites for hydroxylation is 2. The molecule has 5 heterocycles. The topological polar surface area (TPSA) is 114 Å². The Morgan fingerprint density at radius 2 is 1.74 bits per heavy atom. The quantitative estimate of drug-likeness (QED) is 0.0803. The Balaban J connectivity index is 1.15. The first-order valence-electron chi connectivity index (χ1n) is 18.7. The molecule has 0 bridgehead atoms. The monoisotopic (exact) mass is 766 g/mol. The standard InChI is InChI=1S/C43H38N6O2S3/c1-3-4-5-6-8-26-21-35(53-42(26)34-18-16-29(52-34)19-27(22-44)43(50)51)37-39-38(45-23-46-39)36(40-41(37)48-54-47-40)25-13-17-33-31(20-25)30-9-7-10-32(30)49(33)28-14-11-24(2)12-15-28/h11-21,30,32H,3-10,23H2,1-2H3,(H,50,51)/b27-19+. The number of carboxylic acid groups (broad SMARTS) is 1. The van der Waals surface area contributed by atoms with Crippen LogP contribution in [0.15, 0.2) is 84.9 Å². The summed E-state index contributed by atoms with van der Waals surface area (Å²) in [7, 11) is 0. The van der Waals surface area contributed by atoms with Gasteiger partial charge in [-0.15, -0.1) is 22.7 Å². The van der Waals surface area contributed by atoms with Crippen LogP contribution in [0.3, 0.4) is 0 Å². The number of benzene rings is 3. The molecule has 4 aliphatic rings.